The van der Waals surface area contributed by atoms with Crippen molar-refractivity contribution in [3.8, 4) is 43.8 Å². The van der Waals surface area contributed by atoms with Crippen LogP contribution in [0.25, 0.3) is 95.6 Å². The van der Waals surface area contributed by atoms with Crippen molar-refractivity contribution in [3.05, 3.63) is 170 Å². The Labute approximate surface area is 286 Å². The van der Waals surface area contributed by atoms with Crippen molar-refractivity contribution in [1.82, 2.24) is 0 Å². The van der Waals surface area contributed by atoms with Crippen LogP contribution in [0.3, 0.4) is 0 Å². The lowest BCUT2D eigenvalue weighted by Gasteiger charge is -2.17. The molecule has 0 aliphatic heterocycles. The summed E-state index contributed by atoms with van der Waals surface area (Å²) >= 11 is 3.81. The van der Waals surface area contributed by atoms with E-state index >= 15 is 0 Å². The van der Waals surface area contributed by atoms with Crippen LogP contribution in [0.5, 0.6) is 0 Å². The molecular formula is C46H28S2. The van der Waals surface area contributed by atoms with E-state index in [1.165, 1.54) is 95.6 Å². The highest BCUT2D eigenvalue weighted by molar-refractivity contribution is 7.26. The lowest BCUT2D eigenvalue weighted by atomic mass is 9.86. The zero-order valence-corrected chi connectivity index (χ0v) is 27.6. The van der Waals surface area contributed by atoms with Gasteiger partial charge in [-0.3, -0.25) is 0 Å². The number of hydrogen-bond donors (Lipinski definition) is 0. The molecule has 0 bridgehead atoms. The summed E-state index contributed by atoms with van der Waals surface area (Å²) in [5.41, 5.74) is 8.98. The standard InChI is InChI=1S/C46H28S2/c1-4-14-29(15-5-1)43-33-20-10-12-22-35(33)44(36-23-13-11-21-34(36)43)32-24-25-40-37(26-32)38-27-42-39(28-41(38)47-40)45(30-16-6-2-7-17-30)46(48-42)31-18-8-3-9-19-31/h1-28H. The van der Waals surface area contributed by atoms with E-state index in [9.17, 15) is 0 Å². The zero-order valence-electron chi connectivity index (χ0n) is 26.0. The third kappa shape index (κ3) is 4.27. The summed E-state index contributed by atoms with van der Waals surface area (Å²) < 4.78 is 3.98. The normalized spacial score (nSPS) is 11.8. The topological polar surface area (TPSA) is 0 Å². The van der Waals surface area contributed by atoms with Crippen molar-refractivity contribution >= 4 is 74.5 Å². The van der Waals surface area contributed by atoms with Gasteiger partial charge in [0.15, 0.2) is 0 Å². The minimum Gasteiger partial charge on any atom is -0.135 e. The fourth-order valence-corrected chi connectivity index (χ4v) is 9.92. The van der Waals surface area contributed by atoms with Crippen LogP contribution in [-0.2, 0) is 0 Å². The van der Waals surface area contributed by atoms with Crippen LogP contribution < -0.4 is 0 Å². The fourth-order valence-electron chi connectivity index (χ4n) is 7.56. The molecule has 2 aromatic heterocycles. The molecule has 0 fully saturated rings. The summed E-state index contributed by atoms with van der Waals surface area (Å²) in [6, 6.07) is 62.4. The number of hydrogen-bond acceptors (Lipinski definition) is 2. The van der Waals surface area contributed by atoms with E-state index < -0.39 is 0 Å². The van der Waals surface area contributed by atoms with Crippen LogP contribution in [-0.4, -0.2) is 0 Å². The van der Waals surface area contributed by atoms with Crippen molar-refractivity contribution in [3.63, 3.8) is 0 Å². The third-order valence-corrected chi connectivity index (χ3v) is 12.0. The maximum atomic E-state index is 2.45. The van der Waals surface area contributed by atoms with E-state index in [0.717, 1.165) is 0 Å². The first-order valence-corrected chi connectivity index (χ1v) is 18.0. The molecule has 0 aliphatic carbocycles. The Bertz CT molecular complexity index is 2750. The van der Waals surface area contributed by atoms with Gasteiger partial charge in [0.2, 0.25) is 0 Å². The van der Waals surface area contributed by atoms with E-state index in [-0.39, 0.29) is 0 Å². The molecule has 0 unspecified atom stereocenters. The Morgan fingerprint density at radius 2 is 0.688 bits per heavy atom. The highest BCUT2D eigenvalue weighted by Crippen LogP contribution is 2.49. The summed E-state index contributed by atoms with van der Waals surface area (Å²) in [7, 11) is 0. The van der Waals surface area contributed by atoms with E-state index in [0.29, 0.717) is 0 Å². The van der Waals surface area contributed by atoms with Crippen LogP contribution in [0.4, 0.5) is 0 Å². The lowest BCUT2D eigenvalue weighted by Crippen LogP contribution is -1.90. The molecule has 0 nitrogen and oxygen atoms in total. The molecule has 224 valence electrons. The van der Waals surface area contributed by atoms with Crippen molar-refractivity contribution in [1.29, 1.82) is 0 Å². The molecule has 0 radical (unpaired) electrons. The molecule has 48 heavy (non-hydrogen) atoms. The first kappa shape index (κ1) is 27.6. The van der Waals surface area contributed by atoms with Crippen molar-refractivity contribution in [2.45, 2.75) is 0 Å². The second-order valence-electron chi connectivity index (χ2n) is 12.4. The predicted molar refractivity (Wildman–Crippen MR) is 211 cm³/mol. The predicted octanol–water partition coefficient (Wildman–Crippen LogP) is 14.2. The van der Waals surface area contributed by atoms with Crippen molar-refractivity contribution in [2.24, 2.45) is 0 Å². The molecule has 2 heteroatoms. The molecule has 0 aliphatic rings. The Morgan fingerprint density at radius 3 is 1.27 bits per heavy atom. The highest BCUT2D eigenvalue weighted by Gasteiger charge is 2.20. The maximum absolute atomic E-state index is 2.45. The van der Waals surface area contributed by atoms with Crippen LogP contribution in [0.1, 0.15) is 0 Å². The summed E-state index contributed by atoms with van der Waals surface area (Å²) in [6.45, 7) is 0. The van der Waals surface area contributed by atoms with Gasteiger partial charge in [0.25, 0.3) is 0 Å². The monoisotopic (exact) mass is 644 g/mol. The molecular weight excluding hydrogens is 617 g/mol. The van der Waals surface area contributed by atoms with E-state index in [2.05, 4.69) is 170 Å². The van der Waals surface area contributed by atoms with Crippen molar-refractivity contribution < 1.29 is 0 Å². The number of fused-ring (bicyclic) bond motifs is 6. The average Bonchev–Trinajstić information content (AvgIpc) is 3.71. The average molecular weight is 645 g/mol. The fraction of sp³-hybridized carbons (Fsp3) is 0. The van der Waals surface area contributed by atoms with E-state index in [1.54, 1.807) is 0 Å². The van der Waals surface area contributed by atoms with Gasteiger partial charge in [-0.05, 0) is 79.2 Å². The minimum absolute atomic E-state index is 1.25. The maximum Gasteiger partial charge on any atom is 0.0433 e. The summed E-state index contributed by atoms with van der Waals surface area (Å²) in [6.07, 6.45) is 0. The number of thiophene rings is 2. The van der Waals surface area contributed by atoms with Crippen LogP contribution in [0.15, 0.2) is 170 Å². The Balaban J connectivity index is 1.24. The number of benzene rings is 8. The first-order chi connectivity index (χ1) is 23.8. The van der Waals surface area contributed by atoms with Gasteiger partial charge in [-0.1, -0.05) is 146 Å². The second kappa shape index (κ2) is 11.0. The van der Waals surface area contributed by atoms with Crippen molar-refractivity contribution in [2.75, 3.05) is 0 Å². The molecule has 2 heterocycles. The van der Waals surface area contributed by atoms with E-state index in [4.69, 9.17) is 0 Å². The molecule has 0 spiro atoms. The third-order valence-electron chi connectivity index (χ3n) is 9.66. The Kier molecular flexibility index (Phi) is 6.33. The van der Waals surface area contributed by atoms with Gasteiger partial charge in [-0.25, -0.2) is 0 Å². The van der Waals surface area contributed by atoms with Crippen LogP contribution in [0.2, 0.25) is 0 Å². The largest absolute Gasteiger partial charge is 0.135 e. The molecule has 8 aromatic carbocycles. The van der Waals surface area contributed by atoms with E-state index in [1.807, 2.05) is 22.7 Å². The van der Waals surface area contributed by atoms with Gasteiger partial charge in [-0.15, -0.1) is 22.7 Å². The second-order valence-corrected chi connectivity index (χ2v) is 14.5. The summed E-state index contributed by atoms with van der Waals surface area (Å²) in [4.78, 5) is 1.33. The highest BCUT2D eigenvalue weighted by atomic mass is 32.1. The van der Waals surface area contributed by atoms with Gasteiger partial charge in [0, 0.05) is 40.7 Å². The minimum atomic E-state index is 1.25. The molecule has 10 aromatic rings. The molecule has 10 rings (SSSR count). The van der Waals surface area contributed by atoms with Gasteiger partial charge in [-0.2, -0.15) is 0 Å². The van der Waals surface area contributed by atoms with Gasteiger partial charge >= 0.3 is 0 Å². The summed E-state index contributed by atoms with van der Waals surface area (Å²) in [5, 5.41) is 9.14. The zero-order chi connectivity index (χ0) is 31.6. The first-order valence-electron chi connectivity index (χ1n) is 16.3. The molecule has 0 saturated heterocycles. The number of rotatable bonds is 4. The molecule has 0 N–H and O–H groups in total. The van der Waals surface area contributed by atoms with Gasteiger partial charge < -0.3 is 0 Å². The Morgan fingerprint density at radius 1 is 0.250 bits per heavy atom. The van der Waals surface area contributed by atoms with Crippen LogP contribution in [0, 0.1) is 0 Å². The quantitative estimate of drug-likeness (QED) is 0.167. The summed E-state index contributed by atoms with van der Waals surface area (Å²) in [5.74, 6) is 0. The smallest absolute Gasteiger partial charge is 0.0433 e. The Hall–Kier alpha value is -5.54. The lowest BCUT2D eigenvalue weighted by molar-refractivity contribution is 1.66. The molecule has 0 amide bonds. The van der Waals surface area contributed by atoms with Gasteiger partial charge in [0.05, 0.1) is 0 Å². The SMILES string of the molecule is c1ccc(-c2sc3cc4c(cc3c2-c2ccccc2)sc2ccc(-c3c5ccccc5c(-c5ccccc5)c5ccccc35)cc24)cc1. The van der Waals surface area contributed by atoms with Gasteiger partial charge in [0.1, 0.15) is 0 Å². The molecule has 0 saturated carbocycles. The molecule has 0 atom stereocenters. The van der Waals surface area contributed by atoms with Crippen LogP contribution >= 0.6 is 22.7 Å².